The molecule has 1 aromatic carbocycles. The zero-order valence-electron chi connectivity index (χ0n) is 10.7. The van der Waals surface area contributed by atoms with Crippen LogP contribution in [0.3, 0.4) is 0 Å². The van der Waals surface area contributed by atoms with Crippen LogP contribution in [0.2, 0.25) is 0 Å². The number of esters is 1. The van der Waals surface area contributed by atoms with Gasteiger partial charge in [0.2, 0.25) is 5.88 Å². The number of nitrogen functional groups attached to an aromatic ring is 1. The summed E-state index contributed by atoms with van der Waals surface area (Å²) in [7, 11) is 1.34. The first-order valence-corrected chi connectivity index (χ1v) is 5.68. The second-order valence-electron chi connectivity index (χ2n) is 4.00. The molecule has 19 heavy (non-hydrogen) atoms. The van der Waals surface area contributed by atoms with Crippen molar-refractivity contribution >= 4 is 11.7 Å². The first-order valence-electron chi connectivity index (χ1n) is 5.68. The fourth-order valence-electron chi connectivity index (χ4n) is 1.52. The highest BCUT2D eigenvalue weighted by atomic mass is 16.5. The minimum absolute atomic E-state index is 0.407. The van der Waals surface area contributed by atoms with Crippen LogP contribution in [0.4, 0.5) is 5.69 Å². The predicted molar refractivity (Wildman–Crippen MR) is 71.2 cm³/mol. The van der Waals surface area contributed by atoms with E-state index in [9.17, 15) is 4.79 Å². The first kappa shape index (κ1) is 12.9. The Morgan fingerprint density at radius 1 is 1.26 bits per heavy atom. The highest BCUT2D eigenvalue weighted by Gasteiger charge is 2.09. The Balaban J connectivity index is 2.28. The van der Waals surface area contributed by atoms with Crippen LogP contribution in [0.5, 0.6) is 11.6 Å². The second kappa shape index (κ2) is 5.39. The quantitative estimate of drug-likeness (QED) is 0.856. The number of carbonyl (C=O) groups excluding carboxylic acids is 1. The molecule has 0 spiro atoms. The van der Waals surface area contributed by atoms with Gasteiger partial charge < -0.3 is 15.2 Å². The van der Waals surface area contributed by atoms with E-state index in [1.54, 1.807) is 30.3 Å². The number of hydrogen-bond donors (Lipinski definition) is 1. The van der Waals surface area contributed by atoms with Gasteiger partial charge in [-0.3, -0.25) is 0 Å². The minimum Gasteiger partial charge on any atom is -0.465 e. The largest absolute Gasteiger partial charge is 0.465 e. The van der Waals surface area contributed by atoms with E-state index in [0.717, 1.165) is 5.56 Å². The summed E-state index contributed by atoms with van der Waals surface area (Å²) in [5.74, 6) is 0.564. The Morgan fingerprint density at radius 2 is 2.05 bits per heavy atom. The lowest BCUT2D eigenvalue weighted by atomic mass is 10.1. The fourth-order valence-corrected chi connectivity index (χ4v) is 1.52. The molecule has 1 heterocycles. The minimum atomic E-state index is -0.407. The number of rotatable bonds is 3. The van der Waals surface area contributed by atoms with Gasteiger partial charge in [-0.15, -0.1) is 0 Å². The molecule has 0 saturated carbocycles. The van der Waals surface area contributed by atoms with Crippen molar-refractivity contribution in [1.29, 1.82) is 0 Å². The summed E-state index contributed by atoms with van der Waals surface area (Å²) >= 11 is 0. The molecule has 0 atom stereocenters. The van der Waals surface area contributed by atoms with Gasteiger partial charge in [0.15, 0.2) is 0 Å². The van der Waals surface area contributed by atoms with Crippen molar-refractivity contribution in [3.05, 3.63) is 47.7 Å². The lowest BCUT2D eigenvalue weighted by Gasteiger charge is -2.09. The van der Waals surface area contributed by atoms with Crippen LogP contribution in [-0.4, -0.2) is 18.1 Å². The van der Waals surface area contributed by atoms with E-state index in [1.165, 1.54) is 13.3 Å². The number of benzene rings is 1. The number of carbonyl (C=O) groups is 1. The number of hydrogen-bond acceptors (Lipinski definition) is 5. The van der Waals surface area contributed by atoms with Crippen LogP contribution in [-0.2, 0) is 4.74 Å². The van der Waals surface area contributed by atoms with Gasteiger partial charge in [-0.1, -0.05) is 6.07 Å². The van der Waals surface area contributed by atoms with Crippen LogP contribution < -0.4 is 10.5 Å². The fraction of sp³-hybridized carbons (Fsp3) is 0.143. The molecule has 98 valence electrons. The first-order chi connectivity index (χ1) is 9.10. The number of aryl methyl sites for hydroxylation is 1. The third-order valence-corrected chi connectivity index (χ3v) is 2.58. The molecule has 0 unspecified atom stereocenters. The number of methoxy groups -OCH3 is 1. The molecular weight excluding hydrogens is 244 g/mol. The average molecular weight is 258 g/mol. The summed E-state index contributed by atoms with van der Waals surface area (Å²) in [6.07, 6.45) is 1.51. The van der Waals surface area contributed by atoms with Crippen LogP contribution >= 0.6 is 0 Å². The number of aromatic nitrogens is 1. The van der Waals surface area contributed by atoms with Gasteiger partial charge >= 0.3 is 5.97 Å². The zero-order valence-corrected chi connectivity index (χ0v) is 10.7. The molecule has 2 rings (SSSR count). The lowest BCUT2D eigenvalue weighted by Crippen LogP contribution is -2.02. The van der Waals surface area contributed by atoms with E-state index < -0.39 is 5.97 Å². The number of pyridine rings is 1. The van der Waals surface area contributed by atoms with Crippen molar-refractivity contribution in [3.8, 4) is 11.6 Å². The molecule has 0 amide bonds. The van der Waals surface area contributed by atoms with Crippen molar-refractivity contribution in [1.82, 2.24) is 4.98 Å². The van der Waals surface area contributed by atoms with Crippen molar-refractivity contribution in [3.63, 3.8) is 0 Å². The smallest absolute Gasteiger partial charge is 0.337 e. The molecule has 0 aliphatic rings. The standard InChI is InChI=1S/C14H14N2O3/c1-9-3-4-10(14(17)18-2)7-12(9)19-13-6-5-11(15)8-16-13/h3-8H,15H2,1-2H3. The third kappa shape index (κ3) is 3.01. The molecule has 0 aliphatic carbocycles. The van der Waals surface area contributed by atoms with Crippen molar-refractivity contribution in [2.24, 2.45) is 0 Å². The summed E-state index contributed by atoms with van der Waals surface area (Å²) in [6.45, 7) is 1.88. The second-order valence-corrected chi connectivity index (χ2v) is 4.00. The van der Waals surface area contributed by atoms with E-state index >= 15 is 0 Å². The lowest BCUT2D eigenvalue weighted by molar-refractivity contribution is 0.0600. The summed E-state index contributed by atoms with van der Waals surface area (Å²) in [6, 6.07) is 8.46. The SMILES string of the molecule is COC(=O)c1ccc(C)c(Oc2ccc(N)cn2)c1. The van der Waals surface area contributed by atoms with Crippen LogP contribution in [0.15, 0.2) is 36.5 Å². The average Bonchev–Trinajstić information content (AvgIpc) is 2.43. The van der Waals surface area contributed by atoms with Gasteiger partial charge in [-0.05, 0) is 30.7 Å². The normalized spacial score (nSPS) is 10.0. The Labute approximate surface area is 111 Å². The molecule has 0 radical (unpaired) electrons. The molecule has 0 bridgehead atoms. The molecule has 1 aromatic heterocycles. The third-order valence-electron chi connectivity index (χ3n) is 2.58. The molecule has 2 N–H and O–H groups in total. The highest BCUT2D eigenvalue weighted by molar-refractivity contribution is 5.89. The Hall–Kier alpha value is -2.56. The van der Waals surface area contributed by atoms with Gasteiger partial charge in [0, 0.05) is 6.07 Å². The number of ether oxygens (including phenoxy) is 2. The van der Waals surface area contributed by atoms with Gasteiger partial charge in [0.1, 0.15) is 5.75 Å². The summed E-state index contributed by atoms with van der Waals surface area (Å²) in [5, 5.41) is 0. The van der Waals surface area contributed by atoms with E-state index in [1.807, 2.05) is 6.92 Å². The summed E-state index contributed by atoms with van der Waals surface area (Å²) < 4.78 is 10.3. The number of anilines is 1. The van der Waals surface area contributed by atoms with Gasteiger partial charge in [-0.2, -0.15) is 0 Å². The highest BCUT2D eigenvalue weighted by Crippen LogP contribution is 2.25. The van der Waals surface area contributed by atoms with Crippen LogP contribution in [0.25, 0.3) is 0 Å². The Morgan fingerprint density at radius 3 is 2.68 bits per heavy atom. The van der Waals surface area contributed by atoms with Crippen molar-refractivity contribution < 1.29 is 14.3 Å². The molecule has 5 heteroatoms. The van der Waals surface area contributed by atoms with E-state index in [2.05, 4.69) is 9.72 Å². The van der Waals surface area contributed by atoms with Gasteiger partial charge in [-0.25, -0.2) is 9.78 Å². The molecular formula is C14H14N2O3. The van der Waals surface area contributed by atoms with Crippen molar-refractivity contribution in [2.45, 2.75) is 6.92 Å². The van der Waals surface area contributed by atoms with Crippen LogP contribution in [0.1, 0.15) is 15.9 Å². The van der Waals surface area contributed by atoms with E-state index in [4.69, 9.17) is 10.5 Å². The maximum atomic E-state index is 11.5. The predicted octanol–water partition coefficient (Wildman–Crippen LogP) is 2.55. The molecule has 2 aromatic rings. The van der Waals surface area contributed by atoms with Gasteiger partial charge in [0.05, 0.1) is 24.6 Å². The Bertz CT molecular complexity index is 594. The monoisotopic (exact) mass is 258 g/mol. The molecule has 0 saturated heterocycles. The summed E-state index contributed by atoms with van der Waals surface area (Å²) in [5.41, 5.74) is 7.44. The number of nitrogens with two attached hydrogens (primary N) is 1. The molecule has 5 nitrogen and oxygen atoms in total. The van der Waals surface area contributed by atoms with E-state index in [0.29, 0.717) is 22.9 Å². The topological polar surface area (TPSA) is 74.4 Å². The zero-order chi connectivity index (χ0) is 13.8. The molecule has 0 fully saturated rings. The van der Waals surface area contributed by atoms with Crippen LogP contribution in [0, 0.1) is 6.92 Å². The molecule has 0 aliphatic heterocycles. The van der Waals surface area contributed by atoms with Gasteiger partial charge in [0.25, 0.3) is 0 Å². The maximum Gasteiger partial charge on any atom is 0.337 e. The Kier molecular flexibility index (Phi) is 3.66. The maximum absolute atomic E-state index is 11.5. The number of nitrogens with zero attached hydrogens (tertiary/aromatic N) is 1. The summed E-state index contributed by atoms with van der Waals surface area (Å²) in [4.78, 5) is 15.5. The van der Waals surface area contributed by atoms with Crippen molar-refractivity contribution in [2.75, 3.05) is 12.8 Å². The van der Waals surface area contributed by atoms with E-state index in [-0.39, 0.29) is 0 Å².